The van der Waals surface area contributed by atoms with Gasteiger partial charge in [-0.3, -0.25) is 0 Å². The van der Waals surface area contributed by atoms with Crippen LogP contribution in [0.25, 0.3) is 0 Å². The highest BCUT2D eigenvalue weighted by Gasteiger charge is 2.18. The number of esters is 1. The van der Waals surface area contributed by atoms with Crippen molar-refractivity contribution in [2.45, 2.75) is 72.8 Å². The van der Waals surface area contributed by atoms with Gasteiger partial charge in [-0.25, -0.2) is 14.4 Å². The number of benzene rings is 1. The molecule has 0 aromatic heterocycles. The molecular formula is C21H32N2O6. The molecule has 0 saturated carbocycles. The third kappa shape index (κ3) is 10.4. The summed E-state index contributed by atoms with van der Waals surface area (Å²) < 4.78 is 15.5. The van der Waals surface area contributed by atoms with Crippen LogP contribution in [0.1, 0.15) is 70.0 Å². The Kier molecular flexibility index (Phi) is 8.48. The van der Waals surface area contributed by atoms with Gasteiger partial charge >= 0.3 is 18.2 Å². The van der Waals surface area contributed by atoms with Crippen LogP contribution in [0.4, 0.5) is 9.59 Å². The second-order valence-electron chi connectivity index (χ2n) is 8.47. The summed E-state index contributed by atoms with van der Waals surface area (Å²) in [5.41, 5.74) is 0.444. The molecule has 29 heavy (non-hydrogen) atoms. The third-order valence-electron chi connectivity index (χ3n) is 3.24. The summed E-state index contributed by atoms with van der Waals surface area (Å²) in [5, 5.41) is 5.30. The van der Waals surface area contributed by atoms with Crippen molar-refractivity contribution in [2.24, 2.45) is 0 Å². The first-order valence-corrected chi connectivity index (χ1v) is 9.53. The fourth-order valence-corrected chi connectivity index (χ4v) is 2.28. The van der Waals surface area contributed by atoms with Gasteiger partial charge in [0.05, 0.1) is 12.2 Å². The van der Waals surface area contributed by atoms with E-state index in [9.17, 15) is 14.4 Å². The van der Waals surface area contributed by atoms with E-state index in [1.807, 2.05) is 0 Å². The van der Waals surface area contributed by atoms with Crippen LogP contribution in [-0.2, 0) is 27.3 Å². The second kappa shape index (κ2) is 10.1. The van der Waals surface area contributed by atoms with E-state index in [0.717, 1.165) is 0 Å². The number of nitrogens with one attached hydrogen (secondary N) is 2. The standard InChI is InChI=1S/C21H32N2O6/c1-8-27-17(24)16-10-14(12-22-18(25)28-20(2,3)4)9-15(11-16)13-23-19(26)29-21(5,6)7/h9-11H,8,12-13H2,1-7H3,(H,22,25)(H,23,26). The Labute approximate surface area is 172 Å². The summed E-state index contributed by atoms with van der Waals surface area (Å²) in [6.45, 7) is 12.9. The Hall–Kier alpha value is -2.77. The minimum absolute atomic E-state index is 0.154. The summed E-state index contributed by atoms with van der Waals surface area (Å²) in [6, 6.07) is 5.04. The summed E-state index contributed by atoms with van der Waals surface area (Å²) >= 11 is 0. The highest BCUT2D eigenvalue weighted by Crippen LogP contribution is 2.14. The maximum Gasteiger partial charge on any atom is 0.407 e. The van der Waals surface area contributed by atoms with Gasteiger partial charge in [-0.05, 0) is 71.7 Å². The average molecular weight is 408 g/mol. The van der Waals surface area contributed by atoms with Gasteiger partial charge in [0.15, 0.2) is 0 Å². The predicted molar refractivity (Wildman–Crippen MR) is 109 cm³/mol. The number of amides is 2. The molecule has 2 amide bonds. The molecule has 0 saturated heterocycles. The number of alkyl carbamates (subject to hydrolysis) is 2. The molecule has 2 N–H and O–H groups in total. The van der Waals surface area contributed by atoms with Crippen LogP contribution in [0.2, 0.25) is 0 Å². The fraction of sp³-hybridized carbons (Fsp3) is 0.571. The Morgan fingerprint density at radius 2 is 1.21 bits per heavy atom. The normalized spacial score (nSPS) is 11.4. The van der Waals surface area contributed by atoms with E-state index in [4.69, 9.17) is 14.2 Å². The van der Waals surface area contributed by atoms with E-state index in [0.29, 0.717) is 16.7 Å². The first kappa shape index (κ1) is 24.3. The van der Waals surface area contributed by atoms with E-state index in [2.05, 4.69) is 10.6 Å². The van der Waals surface area contributed by atoms with E-state index >= 15 is 0 Å². The molecule has 0 radical (unpaired) electrons. The molecule has 1 aromatic carbocycles. The van der Waals surface area contributed by atoms with Crippen molar-refractivity contribution in [1.82, 2.24) is 10.6 Å². The lowest BCUT2D eigenvalue weighted by atomic mass is 10.1. The highest BCUT2D eigenvalue weighted by molar-refractivity contribution is 5.90. The molecule has 0 aliphatic heterocycles. The number of ether oxygens (including phenoxy) is 3. The van der Waals surface area contributed by atoms with Crippen molar-refractivity contribution >= 4 is 18.2 Å². The molecule has 8 nitrogen and oxygen atoms in total. The molecule has 1 aromatic rings. The van der Waals surface area contributed by atoms with E-state index in [1.165, 1.54) is 0 Å². The van der Waals surface area contributed by atoms with Gasteiger partial charge in [0, 0.05) is 13.1 Å². The lowest BCUT2D eigenvalue weighted by molar-refractivity contribution is 0.0513. The van der Waals surface area contributed by atoms with Crippen LogP contribution in [0.15, 0.2) is 18.2 Å². The van der Waals surface area contributed by atoms with Crippen LogP contribution >= 0.6 is 0 Å². The average Bonchev–Trinajstić information content (AvgIpc) is 2.55. The molecular weight excluding hydrogens is 376 g/mol. The van der Waals surface area contributed by atoms with Gasteiger partial charge in [-0.1, -0.05) is 6.07 Å². The van der Waals surface area contributed by atoms with Gasteiger partial charge in [0.1, 0.15) is 11.2 Å². The summed E-state index contributed by atoms with van der Waals surface area (Å²) in [4.78, 5) is 35.9. The van der Waals surface area contributed by atoms with Crippen LogP contribution in [0.5, 0.6) is 0 Å². The number of carbonyl (C=O) groups is 3. The van der Waals surface area contributed by atoms with Crippen LogP contribution in [0, 0.1) is 0 Å². The molecule has 8 heteroatoms. The molecule has 0 atom stereocenters. The zero-order chi connectivity index (χ0) is 22.2. The first-order valence-electron chi connectivity index (χ1n) is 9.53. The molecule has 0 aliphatic rings. The Morgan fingerprint density at radius 1 is 0.793 bits per heavy atom. The van der Waals surface area contributed by atoms with Gasteiger partial charge < -0.3 is 24.8 Å². The smallest absolute Gasteiger partial charge is 0.407 e. The van der Waals surface area contributed by atoms with Crippen molar-refractivity contribution in [1.29, 1.82) is 0 Å². The SMILES string of the molecule is CCOC(=O)c1cc(CNC(=O)OC(C)(C)C)cc(CNC(=O)OC(C)(C)C)c1. The first-order chi connectivity index (χ1) is 13.3. The number of rotatable bonds is 6. The van der Waals surface area contributed by atoms with Crippen LogP contribution in [0.3, 0.4) is 0 Å². The fourth-order valence-electron chi connectivity index (χ4n) is 2.28. The summed E-state index contributed by atoms with van der Waals surface area (Å²) in [6.07, 6.45) is -1.13. The van der Waals surface area contributed by atoms with E-state index in [-0.39, 0.29) is 19.7 Å². The van der Waals surface area contributed by atoms with Crippen molar-refractivity contribution < 1.29 is 28.6 Å². The largest absolute Gasteiger partial charge is 0.462 e. The molecule has 0 unspecified atom stereocenters. The third-order valence-corrected chi connectivity index (χ3v) is 3.24. The topological polar surface area (TPSA) is 103 Å². The van der Waals surface area contributed by atoms with Gasteiger partial charge in [0.25, 0.3) is 0 Å². The predicted octanol–water partition coefficient (Wildman–Crippen LogP) is 3.91. The highest BCUT2D eigenvalue weighted by atomic mass is 16.6. The quantitative estimate of drug-likeness (QED) is 0.546. The lowest BCUT2D eigenvalue weighted by Crippen LogP contribution is -2.32. The number of hydrogen-bond acceptors (Lipinski definition) is 6. The van der Waals surface area contributed by atoms with Crippen molar-refractivity contribution in [3.63, 3.8) is 0 Å². The maximum atomic E-state index is 12.2. The van der Waals surface area contributed by atoms with Crippen LogP contribution < -0.4 is 10.6 Å². The number of carbonyl (C=O) groups excluding carboxylic acids is 3. The molecule has 162 valence electrons. The van der Waals surface area contributed by atoms with E-state index < -0.39 is 29.4 Å². The zero-order valence-electron chi connectivity index (χ0n) is 18.3. The molecule has 1 rings (SSSR count). The van der Waals surface area contributed by atoms with Crippen molar-refractivity contribution in [3.05, 3.63) is 34.9 Å². The molecule has 0 fully saturated rings. The second-order valence-corrected chi connectivity index (χ2v) is 8.47. The summed E-state index contributed by atoms with van der Waals surface area (Å²) in [5.74, 6) is -0.481. The van der Waals surface area contributed by atoms with Crippen molar-refractivity contribution in [2.75, 3.05) is 6.61 Å². The number of hydrogen-bond donors (Lipinski definition) is 2. The van der Waals surface area contributed by atoms with Crippen molar-refractivity contribution in [3.8, 4) is 0 Å². The molecule has 0 heterocycles. The molecule has 0 bridgehead atoms. The Balaban J connectivity index is 2.91. The van der Waals surface area contributed by atoms with E-state index in [1.54, 1.807) is 66.7 Å². The monoisotopic (exact) mass is 408 g/mol. The van der Waals surface area contributed by atoms with Gasteiger partial charge in [-0.15, -0.1) is 0 Å². The van der Waals surface area contributed by atoms with Crippen LogP contribution in [-0.4, -0.2) is 36.0 Å². The van der Waals surface area contributed by atoms with Gasteiger partial charge in [0.2, 0.25) is 0 Å². The lowest BCUT2D eigenvalue weighted by Gasteiger charge is -2.20. The Bertz CT molecular complexity index is 681. The molecule has 0 spiro atoms. The minimum Gasteiger partial charge on any atom is -0.462 e. The maximum absolute atomic E-state index is 12.2. The van der Waals surface area contributed by atoms with Gasteiger partial charge in [-0.2, -0.15) is 0 Å². The zero-order valence-corrected chi connectivity index (χ0v) is 18.3. The Morgan fingerprint density at radius 3 is 1.55 bits per heavy atom. The minimum atomic E-state index is -0.612. The molecule has 0 aliphatic carbocycles. The summed E-state index contributed by atoms with van der Waals surface area (Å²) in [7, 11) is 0.